The summed E-state index contributed by atoms with van der Waals surface area (Å²) in [6, 6.07) is 1.38. The minimum atomic E-state index is -0.215. The maximum Gasteiger partial charge on any atom is 0.252 e. The summed E-state index contributed by atoms with van der Waals surface area (Å²) in [5.74, 6) is 0.959. The molecule has 0 aliphatic rings. The lowest BCUT2D eigenvalue weighted by molar-refractivity contribution is -0.119. The molecule has 6 heteroatoms. The number of amides is 1. The maximum absolute atomic E-state index is 11.5. The van der Waals surface area contributed by atoms with E-state index in [1.807, 2.05) is 6.92 Å². The number of nitrogens with one attached hydrogen (secondary N) is 2. The van der Waals surface area contributed by atoms with Gasteiger partial charge in [-0.1, -0.05) is 6.92 Å². The molecule has 0 aliphatic carbocycles. The number of hydrogen-bond donors (Lipinski definition) is 2. The Balaban J connectivity index is 2.66. The van der Waals surface area contributed by atoms with E-state index >= 15 is 0 Å². The predicted octanol–water partition coefficient (Wildman–Crippen LogP) is 0.0407. The van der Waals surface area contributed by atoms with E-state index in [9.17, 15) is 9.59 Å². The zero-order valence-corrected chi connectivity index (χ0v) is 10.4. The van der Waals surface area contributed by atoms with Crippen LogP contribution in [0.4, 0.5) is 5.82 Å². The molecule has 0 bridgehead atoms. The molecule has 0 spiro atoms. The van der Waals surface area contributed by atoms with E-state index in [0.717, 1.165) is 6.42 Å². The van der Waals surface area contributed by atoms with E-state index < -0.39 is 0 Å². The van der Waals surface area contributed by atoms with Crippen LogP contribution in [-0.4, -0.2) is 36.0 Å². The van der Waals surface area contributed by atoms with Crippen molar-refractivity contribution in [3.63, 3.8) is 0 Å². The van der Waals surface area contributed by atoms with Gasteiger partial charge in [0.15, 0.2) is 0 Å². The Kier molecular flexibility index (Phi) is 4.68. The van der Waals surface area contributed by atoms with Crippen LogP contribution in [-0.2, 0) is 4.79 Å². The van der Waals surface area contributed by atoms with Crippen molar-refractivity contribution in [3.05, 3.63) is 22.2 Å². The highest BCUT2D eigenvalue weighted by Crippen LogP contribution is 2.04. The summed E-state index contributed by atoms with van der Waals surface area (Å²) in [6.45, 7) is 4.55. The lowest BCUT2D eigenvalue weighted by atomic mass is 10.4. The standard InChI is InChI=1S/C11H18N4O2/c1-4-5-12-11(17)7-15(3)9-6-10(16)14-8(2)13-9/h6H,4-5,7H2,1-3H3,(H,12,17)(H,13,14,16). The molecule has 0 fully saturated rings. The number of nitrogens with zero attached hydrogens (tertiary/aromatic N) is 2. The van der Waals surface area contributed by atoms with Crippen LogP contribution in [0, 0.1) is 6.92 Å². The summed E-state index contributed by atoms with van der Waals surface area (Å²) in [5.41, 5.74) is -0.215. The van der Waals surface area contributed by atoms with E-state index in [-0.39, 0.29) is 18.0 Å². The van der Waals surface area contributed by atoms with Gasteiger partial charge < -0.3 is 15.2 Å². The Morgan fingerprint density at radius 1 is 1.59 bits per heavy atom. The normalized spacial score (nSPS) is 10.1. The molecule has 1 aromatic rings. The van der Waals surface area contributed by atoms with Gasteiger partial charge in [-0.05, 0) is 13.3 Å². The second-order valence-corrected chi connectivity index (χ2v) is 3.90. The van der Waals surface area contributed by atoms with Crippen molar-refractivity contribution in [1.82, 2.24) is 15.3 Å². The number of carbonyl (C=O) groups is 1. The minimum absolute atomic E-state index is 0.0749. The van der Waals surface area contributed by atoms with Gasteiger partial charge in [0, 0.05) is 19.7 Å². The molecule has 0 radical (unpaired) electrons. The van der Waals surface area contributed by atoms with Crippen molar-refractivity contribution in [1.29, 1.82) is 0 Å². The number of aromatic nitrogens is 2. The molecule has 0 atom stereocenters. The van der Waals surface area contributed by atoms with Gasteiger partial charge in [-0.2, -0.15) is 0 Å². The van der Waals surface area contributed by atoms with Crippen molar-refractivity contribution in [3.8, 4) is 0 Å². The summed E-state index contributed by atoms with van der Waals surface area (Å²) in [5, 5.41) is 2.77. The highest BCUT2D eigenvalue weighted by molar-refractivity contribution is 5.80. The number of carbonyl (C=O) groups excluding carboxylic acids is 1. The smallest absolute Gasteiger partial charge is 0.252 e. The Morgan fingerprint density at radius 3 is 2.88 bits per heavy atom. The first-order valence-electron chi connectivity index (χ1n) is 5.58. The number of anilines is 1. The second-order valence-electron chi connectivity index (χ2n) is 3.90. The monoisotopic (exact) mass is 238 g/mol. The number of likely N-dealkylation sites (N-methyl/N-ethyl adjacent to an activating group) is 1. The Labute approximate surface area is 100 Å². The molecule has 6 nitrogen and oxygen atoms in total. The average molecular weight is 238 g/mol. The number of aromatic amines is 1. The molecule has 17 heavy (non-hydrogen) atoms. The summed E-state index contributed by atoms with van der Waals surface area (Å²) >= 11 is 0. The van der Waals surface area contributed by atoms with E-state index in [2.05, 4.69) is 15.3 Å². The van der Waals surface area contributed by atoms with E-state index in [1.54, 1.807) is 18.9 Å². The van der Waals surface area contributed by atoms with Crippen LogP contribution in [0.1, 0.15) is 19.2 Å². The molecule has 0 aromatic carbocycles. The fraction of sp³-hybridized carbons (Fsp3) is 0.545. The lowest BCUT2D eigenvalue weighted by Crippen LogP contribution is -2.36. The first-order valence-corrected chi connectivity index (χ1v) is 5.58. The third-order valence-corrected chi connectivity index (χ3v) is 2.19. The molecular weight excluding hydrogens is 220 g/mol. The van der Waals surface area contributed by atoms with Crippen LogP contribution in [0.3, 0.4) is 0 Å². The number of hydrogen-bond acceptors (Lipinski definition) is 4. The quantitative estimate of drug-likeness (QED) is 0.759. The molecular formula is C11H18N4O2. The molecule has 1 amide bonds. The Morgan fingerprint density at radius 2 is 2.29 bits per heavy atom. The highest BCUT2D eigenvalue weighted by atomic mass is 16.2. The molecule has 1 rings (SSSR count). The molecule has 94 valence electrons. The van der Waals surface area contributed by atoms with Crippen molar-refractivity contribution in [2.75, 3.05) is 25.0 Å². The topological polar surface area (TPSA) is 78.1 Å². The van der Waals surface area contributed by atoms with E-state index in [4.69, 9.17) is 0 Å². The number of H-pyrrole nitrogens is 1. The number of rotatable bonds is 5. The van der Waals surface area contributed by atoms with Crippen LogP contribution in [0.5, 0.6) is 0 Å². The fourth-order valence-corrected chi connectivity index (χ4v) is 1.38. The van der Waals surface area contributed by atoms with Crippen molar-refractivity contribution < 1.29 is 4.79 Å². The first-order chi connectivity index (χ1) is 8.02. The molecule has 0 unspecified atom stereocenters. The minimum Gasteiger partial charge on any atom is -0.355 e. The zero-order chi connectivity index (χ0) is 12.8. The van der Waals surface area contributed by atoms with Gasteiger partial charge in [-0.3, -0.25) is 9.59 Å². The van der Waals surface area contributed by atoms with Gasteiger partial charge in [0.05, 0.1) is 6.54 Å². The summed E-state index contributed by atoms with van der Waals surface area (Å²) < 4.78 is 0. The van der Waals surface area contributed by atoms with Gasteiger partial charge in [0.2, 0.25) is 5.91 Å². The largest absolute Gasteiger partial charge is 0.355 e. The van der Waals surface area contributed by atoms with Crippen LogP contribution >= 0.6 is 0 Å². The Hall–Kier alpha value is -1.85. The summed E-state index contributed by atoms with van der Waals surface area (Å²) in [6.07, 6.45) is 0.901. The fourth-order valence-electron chi connectivity index (χ4n) is 1.38. The zero-order valence-electron chi connectivity index (χ0n) is 10.4. The van der Waals surface area contributed by atoms with Crippen LogP contribution in [0.25, 0.3) is 0 Å². The Bertz CT molecular complexity index is 441. The van der Waals surface area contributed by atoms with Crippen LogP contribution in [0.15, 0.2) is 10.9 Å². The molecule has 2 N–H and O–H groups in total. The summed E-state index contributed by atoms with van der Waals surface area (Å²) in [7, 11) is 1.73. The van der Waals surface area contributed by atoms with Gasteiger partial charge in [-0.15, -0.1) is 0 Å². The molecule has 0 aliphatic heterocycles. The number of aryl methyl sites for hydroxylation is 1. The van der Waals surface area contributed by atoms with Crippen molar-refractivity contribution in [2.24, 2.45) is 0 Å². The van der Waals surface area contributed by atoms with E-state index in [0.29, 0.717) is 18.2 Å². The molecule has 0 saturated carbocycles. The van der Waals surface area contributed by atoms with Crippen LogP contribution in [0.2, 0.25) is 0 Å². The molecule has 1 heterocycles. The first kappa shape index (κ1) is 13.2. The van der Waals surface area contributed by atoms with Crippen LogP contribution < -0.4 is 15.8 Å². The second kappa shape index (κ2) is 6.03. The third-order valence-electron chi connectivity index (χ3n) is 2.19. The van der Waals surface area contributed by atoms with Gasteiger partial charge in [0.25, 0.3) is 5.56 Å². The third kappa shape index (κ3) is 4.26. The van der Waals surface area contributed by atoms with Crippen molar-refractivity contribution in [2.45, 2.75) is 20.3 Å². The lowest BCUT2D eigenvalue weighted by Gasteiger charge is -2.17. The predicted molar refractivity (Wildman–Crippen MR) is 66.2 cm³/mol. The maximum atomic E-state index is 11.5. The summed E-state index contributed by atoms with van der Waals surface area (Å²) in [4.78, 5) is 31.1. The van der Waals surface area contributed by atoms with Gasteiger partial charge in [0.1, 0.15) is 11.6 Å². The van der Waals surface area contributed by atoms with Gasteiger partial charge in [-0.25, -0.2) is 4.98 Å². The average Bonchev–Trinajstić information content (AvgIpc) is 2.25. The van der Waals surface area contributed by atoms with Crippen molar-refractivity contribution >= 4 is 11.7 Å². The molecule has 0 saturated heterocycles. The highest BCUT2D eigenvalue weighted by Gasteiger charge is 2.08. The van der Waals surface area contributed by atoms with E-state index in [1.165, 1.54) is 6.07 Å². The van der Waals surface area contributed by atoms with Gasteiger partial charge >= 0.3 is 0 Å². The molecule has 1 aromatic heterocycles. The SMILES string of the molecule is CCCNC(=O)CN(C)c1cc(=O)[nH]c(C)n1.